The molecule has 2 N–H and O–H groups in total. The first-order valence-electron chi connectivity index (χ1n) is 8.52. The number of anilines is 2. The number of hydrogen-bond acceptors (Lipinski definition) is 4. The van der Waals surface area contributed by atoms with E-state index < -0.39 is 0 Å². The first kappa shape index (κ1) is 19.2. The number of nitriles is 1. The zero-order valence-electron chi connectivity index (χ0n) is 15.1. The Morgan fingerprint density at radius 2 is 1.39 bits per heavy atom. The van der Waals surface area contributed by atoms with Crippen LogP contribution in [-0.2, 0) is 4.79 Å². The normalized spacial score (nSPS) is 10.0. The highest BCUT2D eigenvalue weighted by Gasteiger charge is 2.14. The summed E-state index contributed by atoms with van der Waals surface area (Å²) in [6.07, 6.45) is 0. The predicted octanol–water partition coefficient (Wildman–Crippen LogP) is 4.92. The molecule has 0 spiro atoms. The van der Waals surface area contributed by atoms with Crippen molar-refractivity contribution in [3.63, 3.8) is 0 Å². The summed E-state index contributed by atoms with van der Waals surface area (Å²) in [6, 6.07) is 23.6. The topological polar surface area (TPSA) is 82.0 Å². The minimum absolute atomic E-state index is 0.152. The number of nitrogens with one attached hydrogen (secondary N) is 2. The molecule has 2 amide bonds. The van der Waals surface area contributed by atoms with Crippen molar-refractivity contribution >= 4 is 35.0 Å². The fourth-order valence-electron chi connectivity index (χ4n) is 2.55. The monoisotopic (exact) mass is 387 g/mol. The van der Waals surface area contributed by atoms with Crippen LogP contribution in [0.3, 0.4) is 0 Å². The molecule has 28 heavy (non-hydrogen) atoms. The SMILES string of the molecule is CC(=O)Nc1ccc(NC(=O)c2ccccc2Sc2ccccc2C#N)cc1. The van der Waals surface area contributed by atoms with E-state index in [2.05, 4.69) is 16.7 Å². The molecule has 0 radical (unpaired) electrons. The van der Waals surface area contributed by atoms with Gasteiger partial charge in [-0.2, -0.15) is 5.26 Å². The van der Waals surface area contributed by atoms with Crippen LogP contribution in [0.5, 0.6) is 0 Å². The second-order valence-electron chi connectivity index (χ2n) is 5.92. The van der Waals surface area contributed by atoms with E-state index in [9.17, 15) is 14.9 Å². The van der Waals surface area contributed by atoms with Crippen molar-refractivity contribution in [1.29, 1.82) is 5.26 Å². The van der Waals surface area contributed by atoms with Crippen molar-refractivity contribution in [3.8, 4) is 6.07 Å². The Labute approximate surface area is 167 Å². The second kappa shape index (κ2) is 8.89. The van der Waals surface area contributed by atoms with E-state index in [1.807, 2.05) is 30.3 Å². The van der Waals surface area contributed by atoms with E-state index in [-0.39, 0.29) is 11.8 Å². The van der Waals surface area contributed by atoms with E-state index in [4.69, 9.17) is 0 Å². The number of hydrogen-bond donors (Lipinski definition) is 2. The average Bonchev–Trinajstić information content (AvgIpc) is 2.70. The smallest absolute Gasteiger partial charge is 0.256 e. The molecule has 3 aromatic rings. The zero-order valence-corrected chi connectivity index (χ0v) is 15.9. The highest BCUT2D eigenvalue weighted by atomic mass is 32.2. The summed E-state index contributed by atoms with van der Waals surface area (Å²) in [5.41, 5.74) is 2.37. The Hall–Kier alpha value is -3.56. The molecule has 5 nitrogen and oxygen atoms in total. The molecular weight excluding hydrogens is 370 g/mol. The van der Waals surface area contributed by atoms with Crippen LogP contribution in [0.1, 0.15) is 22.8 Å². The molecule has 6 heteroatoms. The van der Waals surface area contributed by atoms with Gasteiger partial charge in [-0.15, -0.1) is 0 Å². The molecule has 0 atom stereocenters. The maximum atomic E-state index is 12.8. The lowest BCUT2D eigenvalue weighted by molar-refractivity contribution is -0.114. The lowest BCUT2D eigenvalue weighted by Crippen LogP contribution is -2.13. The molecule has 0 fully saturated rings. The lowest BCUT2D eigenvalue weighted by atomic mass is 10.2. The molecule has 3 rings (SSSR count). The molecule has 0 heterocycles. The third kappa shape index (κ3) is 4.78. The van der Waals surface area contributed by atoms with Gasteiger partial charge in [0.2, 0.25) is 5.91 Å². The molecule has 0 bridgehead atoms. The predicted molar refractivity (Wildman–Crippen MR) is 110 cm³/mol. The number of rotatable bonds is 5. The third-order valence-electron chi connectivity index (χ3n) is 3.82. The Balaban J connectivity index is 1.79. The minimum Gasteiger partial charge on any atom is -0.326 e. The van der Waals surface area contributed by atoms with Gasteiger partial charge in [-0.25, -0.2) is 0 Å². The first-order chi connectivity index (χ1) is 13.6. The zero-order chi connectivity index (χ0) is 19.9. The van der Waals surface area contributed by atoms with Crippen LogP contribution in [0.25, 0.3) is 0 Å². The van der Waals surface area contributed by atoms with Crippen LogP contribution < -0.4 is 10.6 Å². The number of carbonyl (C=O) groups excluding carboxylic acids is 2. The van der Waals surface area contributed by atoms with E-state index in [0.29, 0.717) is 22.5 Å². The van der Waals surface area contributed by atoms with Crippen molar-refractivity contribution in [1.82, 2.24) is 0 Å². The van der Waals surface area contributed by atoms with Gasteiger partial charge in [-0.1, -0.05) is 36.0 Å². The van der Waals surface area contributed by atoms with Gasteiger partial charge >= 0.3 is 0 Å². The highest BCUT2D eigenvalue weighted by Crippen LogP contribution is 2.33. The van der Waals surface area contributed by atoms with Crippen LogP contribution in [0.2, 0.25) is 0 Å². The summed E-state index contributed by atoms with van der Waals surface area (Å²) in [5, 5.41) is 14.8. The summed E-state index contributed by atoms with van der Waals surface area (Å²) >= 11 is 1.38. The molecule has 0 unspecified atom stereocenters. The Morgan fingerprint density at radius 3 is 2.04 bits per heavy atom. The van der Waals surface area contributed by atoms with Crippen molar-refractivity contribution in [2.24, 2.45) is 0 Å². The molecule has 0 aliphatic carbocycles. The van der Waals surface area contributed by atoms with Gasteiger partial charge in [0.1, 0.15) is 6.07 Å². The Morgan fingerprint density at radius 1 is 0.821 bits per heavy atom. The van der Waals surface area contributed by atoms with Gasteiger partial charge in [0.05, 0.1) is 11.1 Å². The van der Waals surface area contributed by atoms with E-state index in [1.54, 1.807) is 42.5 Å². The van der Waals surface area contributed by atoms with Crippen LogP contribution in [0.4, 0.5) is 11.4 Å². The maximum absolute atomic E-state index is 12.8. The summed E-state index contributed by atoms with van der Waals surface area (Å²) < 4.78 is 0. The Bertz CT molecular complexity index is 1060. The molecule has 0 saturated heterocycles. The van der Waals surface area contributed by atoms with E-state index in [0.717, 1.165) is 9.79 Å². The number of benzene rings is 3. The molecule has 0 aliphatic rings. The van der Waals surface area contributed by atoms with Crippen LogP contribution in [0, 0.1) is 11.3 Å². The second-order valence-corrected chi connectivity index (χ2v) is 7.00. The summed E-state index contributed by atoms with van der Waals surface area (Å²) in [7, 11) is 0. The molecular formula is C22H17N3O2S. The van der Waals surface area contributed by atoms with Crippen molar-refractivity contribution in [3.05, 3.63) is 83.9 Å². The average molecular weight is 387 g/mol. The largest absolute Gasteiger partial charge is 0.326 e. The van der Waals surface area contributed by atoms with Gasteiger partial charge in [0, 0.05) is 28.1 Å². The molecule has 0 saturated carbocycles. The molecule has 0 aliphatic heterocycles. The number of amides is 2. The summed E-state index contributed by atoms with van der Waals surface area (Å²) in [4.78, 5) is 25.4. The van der Waals surface area contributed by atoms with Gasteiger partial charge in [0.15, 0.2) is 0 Å². The molecule has 3 aromatic carbocycles. The third-order valence-corrected chi connectivity index (χ3v) is 4.97. The lowest BCUT2D eigenvalue weighted by Gasteiger charge is -2.11. The number of carbonyl (C=O) groups is 2. The quantitative estimate of drug-likeness (QED) is 0.651. The standard InChI is InChI=1S/C22H17N3O2S/c1-15(26)24-17-10-12-18(13-11-17)25-22(27)19-7-3-5-9-21(19)28-20-8-4-2-6-16(20)14-23/h2-13H,1H3,(H,24,26)(H,25,27). The first-order valence-corrected chi connectivity index (χ1v) is 9.33. The van der Waals surface area contributed by atoms with E-state index >= 15 is 0 Å². The fraction of sp³-hybridized carbons (Fsp3) is 0.0455. The fourth-order valence-corrected chi connectivity index (χ4v) is 3.57. The summed E-state index contributed by atoms with van der Waals surface area (Å²) in [6.45, 7) is 1.44. The minimum atomic E-state index is -0.246. The van der Waals surface area contributed by atoms with Gasteiger partial charge in [0.25, 0.3) is 5.91 Å². The van der Waals surface area contributed by atoms with E-state index in [1.165, 1.54) is 18.7 Å². The van der Waals surface area contributed by atoms with Gasteiger partial charge in [-0.3, -0.25) is 9.59 Å². The van der Waals surface area contributed by atoms with Gasteiger partial charge in [-0.05, 0) is 48.5 Å². The summed E-state index contributed by atoms with van der Waals surface area (Å²) in [5.74, 6) is -0.398. The van der Waals surface area contributed by atoms with Crippen LogP contribution in [-0.4, -0.2) is 11.8 Å². The molecule has 138 valence electrons. The van der Waals surface area contributed by atoms with Crippen LogP contribution in [0.15, 0.2) is 82.6 Å². The maximum Gasteiger partial charge on any atom is 0.256 e. The van der Waals surface area contributed by atoms with Crippen molar-refractivity contribution in [2.75, 3.05) is 10.6 Å². The molecule has 0 aromatic heterocycles. The van der Waals surface area contributed by atoms with Gasteiger partial charge < -0.3 is 10.6 Å². The highest BCUT2D eigenvalue weighted by molar-refractivity contribution is 7.99. The Kier molecular flexibility index (Phi) is 6.10. The van der Waals surface area contributed by atoms with Crippen molar-refractivity contribution in [2.45, 2.75) is 16.7 Å². The van der Waals surface area contributed by atoms with Crippen LogP contribution >= 0.6 is 11.8 Å². The number of nitrogens with zero attached hydrogens (tertiary/aromatic N) is 1. The van der Waals surface area contributed by atoms with Crippen molar-refractivity contribution < 1.29 is 9.59 Å².